The zero-order valence-electron chi connectivity index (χ0n) is 13.5. The van der Waals surface area contributed by atoms with Gasteiger partial charge in [0.15, 0.2) is 0 Å². The predicted molar refractivity (Wildman–Crippen MR) is 80.8 cm³/mol. The molecule has 2 fully saturated rings. The van der Waals surface area contributed by atoms with Crippen LogP contribution >= 0.6 is 0 Å². The topological polar surface area (TPSA) is 58.6 Å². The molecule has 0 aromatic carbocycles. The molecule has 0 saturated carbocycles. The third-order valence-electron chi connectivity index (χ3n) is 5.00. The fraction of sp³-hybridized carbons (Fsp3) is 0.875. The van der Waals surface area contributed by atoms with E-state index in [2.05, 4.69) is 5.32 Å². The van der Waals surface area contributed by atoms with Crippen molar-refractivity contribution in [2.75, 3.05) is 19.8 Å². The van der Waals surface area contributed by atoms with Gasteiger partial charge >= 0.3 is 0 Å². The summed E-state index contributed by atoms with van der Waals surface area (Å²) in [4.78, 5) is 27.1. The number of carbonyl (C=O) groups excluding carboxylic acids is 2. The van der Waals surface area contributed by atoms with Crippen molar-refractivity contribution in [3.8, 4) is 0 Å². The van der Waals surface area contributed by atoms with Crippen molar-refractivity contribution >= 4 is 11.8 Å². The Balaban J connectivity index is 2.17. The molecule has 2 saturated heterocycles. The molecule has 2 aliphatic rings. The van der Waals surface area contributed by atoms with Gasteiger partial charge in [-0.2, -0.15) is 0 Å². The molecule has 21 heavy (non-hydrogen) atoms. The van der Waals surface area contributed by atoms with Crippen LogP contribution in [0.2, 0.25) is 0 Å². The van der Waals surface area contributed by atoms with Crippen LogP contribution in [-0.4, -0.2) is 48.1 Å². The third kappa shape index (κ3) is 3.23. The van der Waals surface area contributed by atoms with Crippen LogP contribution in [0.3, 0.4) is 0 Å². The summed E-state index contributed by atoms with van der Waals surface area (Å²) >= 11 is 0. The van der Waals surface area contributed by atoms with Crippen LogP contribution in [0.4, 0.5) is 0 Å². The molecule has 2 amide bonds. The molecule has 2 rings (SSSR count). The van der Waals surface area contributed by atoms with Crippen LogP contribution in [0.5, 0.6) is 0 Å². The molecule has 0 radical (unpaired) electrons. The molecular weight excluding hydrogens is 268 g/mol. The normalized spacial score (nSPS) is 31.4. The molecule has 0 aliphatic carbocycles. The SMILES string of the molecule is CCCC1NC(=O)C(C)(CC)N(CC2CCOCC2)C1=O. The second kappa shape index (κ2) is 6.77. The van der Waals surface area contributed by atoms with Gasteiger partial charge in [-0.25, -0.2) is 0 Å². The summed E-state index contributed by atoms with van der Waals surface area (Å²) in [5.41, 5.74) is -0.709. The lowest BCUT2D eigenvalue weighted by Crippen LogP contribution is -2.69. The highest BCUT2D eigenvalue weighted by Crippen LogP contribution is 2.29. The van der Waals surface area contributed by atoms with Crippen LogP contribution < -0.4 is 5.32 Å². The van der Waals surface area contributed by atoms with Gasteiger partial charge in [0.05, 0.1) is 0 Å². The fourth-order valence-electron chi connectivity index (χ4n) is 3.24. The van der Waals surface area contributed by atoms with Crippen LogP contribution in [0.15, 0.2) is 0 Å². The maximum absolute atomic E-state index is 12.8. The van der Waals surface area contributed by atoms with Crippen LogP contribution in [0, 0.1) is 5.92 Å². The first kappa shape index (κ1) is 16.3. The summed E-state index contributed by atoms with van der Waals surface area (Å²) in [6.07, 6.45) is 4.21. The number of amides is 2. The minimum atomic E-state index is -0.709. The summed E-state index contributed by atoms with van der Waals surface area (Å²) in [5.74, 6) is 0.532. The Hall–Kier alpha value is -1.10. The number of hydrogen-bond donors (Lipinski definition) is 1. The van der Waals surface area contributed by atoms with Gasteiger partial charge in [-0.05, 0) is 38.5 Å². The Kier molecular flexibility index (Phi) is 5.25. The molecule has 5 heteroatoms. The minimum absolute atomic E-state index is 0.00453. The van der Waals surface area contributed by atoms with E-state index in [0.717, 1.165) is 32.5 Å². The molecule has 0 aromatic rings. The Morgan fingerprint density at radius 2 is 1.95 bits per heavy atom. The lowest BCUT2D eigenvalue weighted by Gasteiger charge is -2.47. The van der Waals surface area contributed by atoms with Crippen molar-refractivity contribution in [3.63, 3.8) is 0 Å². The third-order valence-corrected chi connectivity index (χ3v) is 5.00. The van der Waals surface area contributed by atoms with Crippen molar-refractivity contribution in [2.45, 2.75) is 64.5 Å². The summed E-state index contributed by atoms with van der Waals surface area (Å²) in [7, 11) is 0. The van der Waals surface area contributed by atoms with Gasteiger partial charge in [0.2, 0.25) is 11.8 Å². The van der Waals surface area contributed by atoms with E-state index in [1.165, 1.54) is 0 Å². The quantitative estimate of drug-likeness (QED) is 0.840. The molecule has 2 heterocycles. The smallest absolute Gasteiger partial charge is 0.246 e. The Labute approximate surface area is 127 Å². The molecule has 0 aromatic heterocycles. The number of rotatable bonds is 5. The molecule has 2 atom stereocenters. The van der Waals surface area contributed by atoms with E-state index < -0.39 is 5.54 Å². The molecule has 2 unspecified atom stereocenters. The van der Waals surface area contributed by atoms with Gasteiger partial charge in [0, 0.05) is 19.8 Å². The zero-order chi connectivity index (χ0) is 15.5. The van der Waals surface area contributed by atoms with Gasteiger partial charge in [0.1, 0.15) is 11.6 Å². The maximum Gasteiger partial charge on any atom is 0.246 e. The minimum Gasteiger partial charge on any atom is -0.381 e. The first-order valence-corrected chi connectivity index (χ1v) is 8.23. The van der Waals surface area contributed by atoms with E-state index in [4.69, 9.17) is 4.74 Å². The lowest BCUT2D eigenvalue weighted by atomic mass is 9.87. The molecule has 2 aliphatic heterocycles. The average molecular weight is 296 g/mol. The second-order valence-electron chi connectivity index (χ2n) is 6.45. The summed E-state index contributed by atoms with van der Waals surface area (Å²) in [6.45, 7) is 8.11. The molecule has 0 spiro atoms. The molecule has 120 valence electrons. The summed E-state index contributed by atoms with van der Waals surface area (Å²) in [5, 5.41) is 2.92. The van der Waals surface area contributed by atoms with Crippen LogP contribution in [0.1, 0.15) is 52.9 Å². The Morgan fingerprint density at radius 3 is 2.52 bits per heavy atom. The number of carbonyl (C=O) groups is 2. The number of nitrogens with one attached hydrogen (secondary N) is 1. The fourth-order valence-corrected chi connectivity index (χ4v) is 3.24. The highest BCUT2D eigenvalue weighted by molar-refractivity contribution is 5.99. The van der Waals surface area contributed by atoms with E-state index in [-0.39, 0.29) is 17.9 Å². The highest BCUT2D eigenvalue weighted by Gasteiger charge is 2.48. The van der Waals surface area contributed by atoms with E-state index in [9.17, 15) is 9.59 Å². The number of ether oxygens (including phenoxy) is 1. The van der Waals surface area contributed by atoms with Gasteiger partial charge in [-0.15, -0.1) is 0 Å². The second-order valence-corrected chi connectivity index (χ2v) is 6.45. The Bertz CT molecular complexity index is 393. The first-order chi connectivity index (χ1) is 10.0. The highest BCUT2D eigenvalue weighted by atomic mass is 16.5. The van der Waals surface area contributed by atoms with Crippen molar-refractivity contribution in [1.29, 1.82) is 0 Å². The number of nitrogens with zero attached hydrogens (tertiary/aromatic N) is 1. The molecule has 0 bridgehead atoms. The number of hydrogen-bond acceptors (Lipinski definition) is 3. The lowest BCUT2D eigenvalue weighted by molar-refractivity contribution is -0.158. The first-order valence-electron chi connectivity index (χ1n) is 8.23. The van der Waals surface area contributed by atoms with E-state index in [1.54, 1.807) is 0 Å². The van der Waals surface area contributed by atoms with E-state index in [0.29, 0.717) is 25.3 Å². The van der Waals surface area contributed by atoms with E-state index >= 15 is 0 Å². The van der Waals surface area contributed by atoms with Crippen LogP contribution in [0.25, 0.3) is 0 Å². The van der Waals surface area contributed by atoms with Crippen molar-refractivity contribution < 1.29 is 14.3 Å². The van der Waals surface area contributed by atoms with Crippen molar-refractivity contribution in [3.05, 3.63) is 0 Å². The maximum atomic E-state index is 12.8. The van der Waals surface area contributed by atoms with Crippen molar-refractivity contribution in [1.82, 2.24) is 10.2 Å². The summed E-state index contributed by atoms with van der Waals surface area (Å²) < 4.78 is 5.39. The molecule has 5 nitrogen and oxygen atoms in total. The Morgan fingerprint density at radius 1 is 1.29 bits per heavy atom. The number of piperazine rings is 1. The van der Waals surface area contributed by atoms with Gasteiger partial charge in [-0.1, -0.05) is 20.3 Å². The van der Waals surface area contributed by atoms with Gasteiger partial charge in [-0.3, -0.25) is 9.59 Å². The monoisotopic (exact) mass is 296 g/mol. The van der Waals surface area contributed by atoms with E-state index in [1.807, 2.05) is 25.7 Å². The van der Waals surface area contributed by atoms with Gasteiger partial charge in [0.25, 0.3) is 0 Å². The van der Waals surface area contributed by atoms with Crippen LogP contribution in [-0.2, 0) is 14.3 Å². The predicted octanol–water partition coefficient (Wildman–Crippen LogP) is 1.71. The average Bonchev–Trinajstić information content (AvgIpc) is 2.50. The standard InChI is InChI=1S/C16H28N2O3/c1-4-6-13-14(19)18(11-12-7-9-21-10-8-12)16(3,5-2)15(20)17-13/h12-13H,4-11H2,1-3H3,(H,17,20). The largest absolute Gasteiger partial charge is 0.381 e. The zero-order valence-corrected chi connectivity index (χ0v) is 13.5. The molecule has 1 N–H and O–H groups in total. The summed E-state index contributed by atoms with van der Waals surface area (Å²) in [6, 6.07) is -0.345. The molecular formula is C16H28N2O3. The van der Waals surface area contributed by atoms with Gasteiger partial charge < -0.3 is 15.0 Å². The van der Waals surface area contributed by atoms with Crippen molar-refractivity contribution in [2.24, 2.45) is 5.92 Å².